The zero-order valence-corrected chi connectivity index (χ0v) is 17.4. The Morgan fingerprint density at radius 2 is 1.88 bits per heavy atom. The van der Waals surface area contributed by atoms with Crippen LogP contribution in [0.25, 0.3) is 0 Å². The Labute approximate surface area is 153 Å². The number of rotatable bonds is 2. The van der Waals surface area contributed by atoms with Gasteiger partial charge in [0, 0.05) is 11.8 Å². The van der Waals surface area contributed by atoms with Gasteiger partial charge >= 0.3 is 0 Å². The second-order valence-corrected chi connectivity index (χ2v) is 14.3. The number of carbonyl (C=O) groups is 1. The molecule has 2 nitrogen and oxygen atoms in total. The largest absolute Gasteiger partial charge is 0.544 e. The average Bonchev–Trinajstić information content (AvgIpc) is 2.81. The summed E-state index contributed by atoms with van der Waals surface area (Å²) in [4.78, 5) is 12.5. The van der Waals surface area contributed by atoms with Crippen molar-refractivity contribution in [3.8, 4) is 5.75 Å². The summed E-state index contributed by atoms with van der Waals surface area (Å²) in [5.41, 5.74) is 4.50. The molecule has 4 atom stereocenters. The summed E-state index contributed by atoms with van der Waals surface area (Å²) in [6.07, 6.45) is 6.62. The number of hydrogen-bond donors (Lipinski definition) is 0. The highest BCUT2D eigenvalue weighted by molar-refractivity contribution is 6.70. The molecule has 136 valence electrons. The minimum absolute atomic E-state index is 0.0204. The van der Waals surface area contributed by atoms with Crippen LogP contribution in [-0.2, 0) is 11.2 Å². The lowest BCUT2D eigenvalue weighted by atomic mass is 9.55. The van der Waals surface area contributed by atoms with E-state index in [0.29, 0.717) is 23.5 Å². The molecule has 3 aliphatic rings. The van der Waals surface area contributed by atoms with Crippen molar-refractivity contribution in [2.75, 3.05) is 0 Å². The zero-order valence-electron chi connectivity index (χ0n) is 16.4. The first-order valence-corrected chi connectivity index (χ1v) is 13.5. The molecule has 0 unspecified atom stereocenters. The fourth-order valence-corrected chi connectivity index (χ4v) is 6.95. The summed E-state index contributed by atoms with van der Waals surface area (Å²) in [5, 5.41) is 0. The molecule has 0 radical (unpaired) electrons. The molecule has 0 amide bonds. The van der Waals surface area contributed by atoms with E-state index >= 15 is 0 Å². The summed E-state index contributed by atoms with van der Waals surface area (Å²) in [7, 11) is -1.57. The van der Waals surface area contributed by atoms with Gasteiger partial charge in [0.2, 0.25) is 8.32 Å². The van der Waals surface area contributed by atoms with Crippen molar-refractivity contribution in [1.82, 2.24) is 0 Å². The highest BCUT2D eigenvalue weighted by Crippen LogP contribution is 2.60. The molecule has 0 heterocycles. The molecule has 0 spiro atoms. The molecule has 0 N–H and O–H groups in total. The van der Waals surface area contributed by atoms with E-state index in [4.69, 9.17) is 4.43 Å². The van der Waals surface area contributed by atoms with Crippen LogP contribution in [0.5, 0.6) is 5.75 Å². The minimum atomic E-state index is -1.57. The molecule has 2 saturated carbocycles. The maximum atomic E-state index is 12.5. The summed E-state index contributed by atoms with van der Waals surface area (Å²) in [6.45, 7) is 11.3. The van der Waals surface area contributed by atoms with Crippen LogP contribution >= 0.6 is 0 Å². The molecule has 25 heavy (non-hydrogen) atoms. The molecule has 0 aliphatic heterocycles. The van der Waals surface area contributed by atoms with Crippen LogP contribution < -0.4 is 4.43 Å². The Bertz CT molecular complexity index is 717. The first-order chi connectivity index (χ1) is 11.7. The van der Waals surface area contributed by atoms with Gasteiger partial charge in [-0.1, -0.05) is 6.92 Å². The molecular weight excluding hydrogens is 324 g/mol. The third-order valence-corrected chi connectivity index (χ3v) is 7.98. The second-order valence-electron chi connectivity index (χ2n) is 9.86. The fourth-order valence-electron chi connectivity index (χ4n) is 6.13. The first kappa shape index (κ1) is 17.3. The Kier molecular flexibility index (Phi) is 3.95. The van der Waals surface area contributed by atoms with Crippen molar-refractivity contribution >= 4 is 14.1 Å². The Morgan fingerprint density at radius 1 is 1.12 bits per heavy atom. The summed E-state index contributed by atoms with van der Waals surface area (Å²) in [6, 6.07) is 4.59. The topological polar surface area (TPSA) is 26.3 Å². The van der Waals surface area contributed by atoms with Crippen LogP contribution in [0.2, 0.25) is 19.6 Å². The van der Waals surface area contributed by atoms with Crippen molar-refractivity contribution in [3.63, 3.8) is 0 Å². The second kappa shape index (κ2) is 5.70. The van der Waals surface area contributed by atoms with E-state index < -0.39 is 8.32 Å². The van der Waals surface area contributed by atoms with Gasteiger partial charge in [-0.3, -0.25) is 4.79 Å². The fraction of sp³-hybridized carbons (Fsp3) is 0.682. The number of hydrogen-bond acceptors (Lipinski definition) is 2. The van der Waals surface area contributed by atoms with E-state index in [1.54, 1.807) is 5.56 Å². The number of benzene rings is 1. The standard InChI is InChI=1S/C22H32O2Si/c1-14-12-16(24-25(3,4)5)13-15-6-7-17-18(21(14)15)10-11-22(2)19(17)8-9-20(22)23/h12-13,17-19H,6-11H2,1-5H3/t17-,18+,19+,22+/m1/s1. The van der Waals surface area contributed by atoms with Gasteiger partial charge in [-0.2, -0.15) is 0 Å². The minimum Gasteiger partial charge on any atom is -0.544 e. The van der Waals surface area contributed by atoms with Crippen molar-refractivity contribution < 1.29 is 9.22 Å². The molecule has 4 rings (SSSR count). The van der Waals surface area contributed by atoms with E-state index in [1.807, 2.05) is 0 Å². The van der Waals surface area contributed by atoms with Gasteiger partial charge in [-0.05, 0) is 105 Å². The Hall–Kier alpha value is -1.09. The normalized spacial score (nSPS) is 34.3. The molecule has 0 bridgehead atoms. The quantitative estimate of drug-likeness (QED) is 0.642. The number of fused-ring (bicyclic) bond motifs is 5. The van der Waals surface area contributed by atoms with Crippen LogP contribution in [0, 0.1) is 24.2 Å². The predicted molar refractivity (Wildman–Crippen MR) is 105 cm³/mol. The Balaban J connectivity index is 1.68. The molecule has 1 aromatic carbocycles. The lowest BCUT2D eigenvalue weighted by molar-refractivity contribution is -0.129. The molecule has 1 aromatic rings. The van der Waals surface area contributed by atoms with E-state index in [0.717, 1.165) is 31.4 Å². The summed E-state index contributed by atoms with van der Waals surface area (Å²) >= 11 is 0. The smallest absolute Gasteiger partial charge is 0.242 e. The third kappa shape index (κ3) is 2.79. The number of aryl methyl sites for hydroxylation is 2. The van der Waals surface area contributed by atoms with Gasteiger partial charge in [0.1, 0.15) is 11.5 Å². The molecule has 2 fully saturated rings. The molecular formula is C22H32O2Si. The van der Waals surface area contributed by atoms with Crippen LogP contribution in [0.3, 0.4) is 0 Å². The molecule has 3 aliphatic carbocycles. The maximum absolute atomic E-state index is 12.5. The molecule has 0 saturated heterocycles. The van der Waals surface area contributed by atoms with Crippen LogP contribution in [-0.4, -0.2) is 14.1 Å². The van der Waals surface area contributed by atoms with Gasteiger partial charge in [-0.15, -0.1) is 0 Å². The average molecular weight is 357 g/mol. The van der Waals surface area contributed by atoms with Gasteiger partial charge in [0.15, 0.2) is 0 Å². The van der Waals surface area contributed by atoms with E-state index in [2.05, 4.69) is 45.6 Å². The third-order valence-electron chi connectivity index (χ3n) is 7.13. The van der Waals surface area contributed by atoms with Crippen molar-refractivity contribution in [2.45, 2.75) is 77.9 Å². The summed E-state index contributed by atoms with van der Waals surface area (Å²) in [5.74, 6) is 3.60. The number of carbonyl (C=O) groups excluding carboxylic acids is 1. The SMILES string of the molecule is Cc1cc(O[Si](C)(C)C)cc2c1[C@H]1CC[C@]3(C)C(=O)CC[C@H]3[C@@H]1CC2. The lowest BCUT2D eigenvalue weighted by Gasteiger charge is -2.48. The van der Waals surface area contributed by atoms with E-state index in [9.17, 15) is 4.79 Å². The zero-order chi connectivity index (χ0) is 18.0. The molecule has 3 heteroatoms. The Morgan fingerprint density at radius 3 is 2.60 bits per heavy atom. The van der Waals surface area contributed by atoms with Gasteiger partial charge in [0.05, 0.1) is 0 Å². The monoisotopic (exact) mass is 356 g/mol. The van der Waals surface area contributed by atoms with Gasteiger partial charge < -0.3 is 4.43 Å². The van der Waals surface area contributed by atoms with Gasteiger partial charge in [-0.25, -0.2) is 0 Å². The van der Waals surface area contributed by atoms with Crippen molar-refractivity contribution in [3.05, 3.63) is 28.8 Å². The first-order valence-electron chi connectivity index (χ1n) is 10.0. The van der Waals surface area contributed by atoms with E-state index in [-0.39, 0.29) is 5.41 Å². The highest BCUT2D eigenvalue weighted by atomic mass is 28.4. The lowest BCUT2D eigenvalue weighted by Crippen LogP contribution is -2.42. The van der Waals surface area contributed by atoms with Crippen molar-refractivity contribution in [2.24, 2.45) is 17.3 Å². The van der Waals surface area contributed by atoms with Crippen LogP contribution in [0.4, 0.5) is 0 Å². The van der Waals surface area contributed by atoms with E-state index in [1.165, 1.54) is 24.0 Å². The van der Waals surface area contributed by atoms with Crippen LogP contribution in [0.1, 0.15) is 61.6 Å². The van der Waals surface area contributed by atoms with Gasteiger partial charge in [0.25, 0.3) is 0 Å². The molecule has 0 aromatic heterocycles. The maximum Gasteiger partial charge on any atom is 0.242 e. The number of Topliss-reactive ketones (excluding diaryl/α,β-unsaturated/α-hetero) is 1. The summed E-state index contributed by atoms with van der Waals surface area (Å²) < 4.78 is 6.28. The van der Waals surface area contributed by atoms with Crippen molar-refractivity contribution in [1.29, 1.82) is 0 Å². The predicted octanol–water partition coefficient (Wildman–Crippen LogP) is 5.63. The van der Waals surface area contributed by atoms with Crippen LogP contribution in [0.15, 0.2) is 12.1 Å². The highest BCUT2D eigenvalue weighted by Gasteiger charge is 2.54. The number of ketones is 1.